The Morgan fingerprint density at radius 1 is 1.12 bits per heavy atom. The van der Waals surface area contributed by atoms with Gasteiger partial charge in [-0.15, -0.1) is 0 Å². The molecule has 4 aromatic rings. The fraction of sp³-hybridized carbons (Fsp3) is 0.382. The maximum absolute atomic E-state index is 13.1. The first-order chi connectivity index (χ1) is 19.9. The molecule has 0 amide bonds. The summed E-state index contributed by atoms with van der Waals surface area (Å²) in [5, 5.41) is 34.4. The number of aromatic hydroxyl groups is 1. The molecule has 3 aliphatic carbocycles. The molecule has 3 aromatic carbocycles. The van der Waals surface area contributed by atoms with Crippen molar-refractivity contribution >= 4 is 27.7 Å². The molecule has 208 valence electrons. The summed E-state index contributed by atoms with van der Waals surface area (Å²) in [6, 6.07) is 20.4. The van der Waals surface area contributed by atoms with E-state index in [0.29, 0.717) is 23.6 Å². The molecule has 1 aromatic heterocycles. The van der Waals surface area contributed by atoms with Gasteiger partial charge in [-0.05, 0) is 85.2 Å². The molecule has 1 saturated carbocycles. The number of aromatic amines is 1. The van der Waals surface area contributed by atoms with Gasteiger partial charge < -0.3 is 19.9 Å². The van der Waals surface area contributed by atoms with Gasteiger partial charge in [-0.1, -0.05) is 42.1 Å². The van der Waals surface area contributed by atoms with Gasteiger partial charge in [-0.3, -0.25) is 10.3 Å². The lowest BCUT2D eigenvalue weighted by Crippen LogP contribution is -2.74. The number of H-pyrrole nitrogens is 1. The molecule has 2 bridgehead atoms. The topological polar surface area (TPSA) is 92.6 Å². The highest BCUT2D eigenvalue weighted by molar-refractivity contribution is 8.13. The van der Waals surface area contributed by atoms with Crippen LogP contribution in [0, 0.1) is 11.3 Å². The van der Waals surface area contributed by atoms with Crippen LogP contribution in [0.1, 0.15) is 53.3 Å². The van der Waals surface area contributed by atoms with Crippen molar-refractivity contribution in [3.05, 3.63) is 88.6 Å². The third-order valence-corrected chi connectivity index (χ3v) is 11.5. The number of aliphatic hydroxyl groups is 1. The van der Waals surface area contributed by atoms with E-state index in [9.17, 15) is 10.2 Å². The standard InChI is InChI=1S/C34H33N3O3S/c35-28(41-22-4-2-1-3-5-22)15-20-8-10-25-23(14-20)24-17-34(39)27-16-21-9-11-26(38)31-29(21)33(34,32(40-31)30(24)36-25)12-13-37(27)18-19-6-7-19/h1-5,8-11,14,19,27,32,35-36,38-39H,6-7,12-13,15-18H2/t27-,32-,33-,34+/m0/s1. The van der Waals surface area contributed by atoms with Crippen molar-refractivity contribution < 1.29 is 14.9 Å². The number of phenols is 1. The van der Waals surface area contributed by atoms with Gasteiger partial charge in [0.1, 0.15) is 0 Å². The molecule has 41 heavy (non-hydrogen) atoms. The van der Waals surface area contributed by atoms with Gasteiger partial charge in [-0.25, -0.2) is 0 Å². The lowest BCUT2D eigenvalue weighted by molar-refractivity contribution is -0.173. The fourth-order valence-electron chi connectivity index (χ4n) is 8.63. The zero-order chi connectivity index (χ0) is 27.5. The number of nitrogens with zero attached hydrogens (tertiary/aromatic N) is 1. The fourth-order valence-corrected chi connectivity index (χ4v) is 9.45. The van der Waals surface area contributed by atoms with Crippen LogP contribution in [0.4, 0.5) is 0 Å². The zero-order valence-corrected chi connectivity index (χ0v) is 23.6. The molecular formula is C34H33N3O3S. The Hall–Kier alpha value is -3.26. The summed E-state index contributed by atoms with van der Waals surface area (Å²) in [5.41, 5.74) is 4.97. The first-order valence-corrected chi connectivity index (χ1v) is 15.7. The number of aromatic nitrogens is 1. The van der Waals surface area contributed by atoms with Gasteiger partial charge >= 0.3 is 0 Å². The van der Waals surface area contributed by atoms with Crippen molar-refractivity contribution in [2.75, 3.05) is 13.1 Å². The number of piperidine rings is 1. The summed E-state index contributed by atoms with van der Waals surface area (Å²) in [7, 11) is 0. The summed E-state index contributed by atoms with van der Waals surface area (Å²) < 4.78 is 6.72. The second-order valence-electron chi connectivity index (χ2n) is 12.8. The lowest BCUT2D eigenvalue weighted by atomic mass is 9.49. The molecule has 0 unspecified atom stereocenters. The maximum atomic E-state index is 13.1. The first kappa shape index (κ1) is 24.3. The number of likely N-dealkylation sites (tertiary alicyclic amines) is 1. The number of benzene rings is 3. The minimum Gasteiger partial charge on any atom is -0.504 e. The van der Waals surface area contributed by atoms with Crippen LogP contribution in [0.15, 0.2) is 65.6 Å². The average Bonchev–Trinajstić information content (AvgIpc) is 3.61. The largest absolute Gasteiger partial charge is 0.504 e. The van der Waals surface area contributed by atoms with Crippen LogP contribution in [0.5, 0.6) is 11.5 Å². The van der Waals surface area contributed by atoms with E-state index in [0.717, 1.165) is 70.0 Å². The number of nitrogens with one attached hydrogen (secondary N) is 2. The normalized spacial score (nSPS) is 29.2. The summed E-state index contributed by atoms with van der Waals surface area (Å²) in [6.45, 7) is 2.00. The number of ether oxygens (including phenoxy) is 1. The number of thioether (sulfide) groups is 1. The number of rotatable bonds is 5. The Kier molecular flexibility index (Phi) is 4.99. The lowest BCUT2D eigenvalue weighted by Gasteiger charge is -2.62. The number of phenolic OH excluding ortho intramolecular Hbond substituents is 1. The molecule has 2 aliphatic heterocycles. The Balaban J connectivity index is 1.15. The minimum atomic E-state index is -0.995. The van der Waals surface area contributed by atoms with Crippen LogP contribution in [-0.4, -0.2) is 49.9 Å². The van der Waals surface area contributed by atoms with E-state index >= 15 is 0 Å². The molecule has 4 N–H and O–H groups in total. The summed E-state index contributed by atoms with van der Waals surface area (Å²) in [4.78, 5) is 7.35. The van der Waals surface area contributed by atoms with Gasteiger partial charge in [-0.2, -0.15) is 0 Å². The van der Waals surface area contributed by atoms with Crippen molar-refractivity contribution in [1.29, 1.82) is 5.41 Å². The summed E-state index contributed by atoms with van der Waals surface area (Å²) in [5.74, 6) is 1.49. The number of hydrogen-bond acceptors (Lipinski definition) is 6. The van der Waals surface area contributed by atoms with E-state index in [2.05, 4.69) is 34.1 Å². The van der Waals surface area contributed by atoms with Crippen molar-refractivity contribution in [2.45, 2.75) is 66.6 Å². The second-order valence-corrected chi connectivity index (χ2v) is 14.0. The second kappa shape index (κ2) is 8.40. The van der Waals surface area contributed by atoms with E-state index in [4.69, 9.17) is 10.1 Å². The van der Waals surface area contributed by atoms with Crippen molar-refractivity contribution in [3.63, 3.8) is 0 Å². The molecule has 9 rings (SSSR count). The smallest absolute Gasteiger partial charge is 0.166 e. The van der Waals surface area contributed by atoms with Crippen LogP contribution in [0.3, 0.4) is 0 Å². The van der Waals surface area contributed by atoms with Gasteiger partial charge in [0.25, 0.3) is 0 Å². The van der Waals surface area contributed by atoms with Crippen LogP contribution >= 0.6 is 11.8 Å². The molecular weight excluding hydrogens is 530 g/mol. The molecule has 2 fully saturated rings. The van der Waals surface area contributed by atoms with E-state index in [1.54, 1.807) is 6.07 Å². The number of hydrogen-bond donors (Lipinski definition) is 4. The van der Waals surface area contributed by atoms with Crippen LogP contribution < -0.4 is 4.74 Å². The molecule has 3 heterocycles. The maximum Gasteiger partial charge on any atom is 0.166 e. The van der Waals surface area contributed by atoms with Gasteiger partial charge in [0.15, 0.2) is 17.6 Å². The SMILES string of the molecule is N=C(Cc1ccc2[nH]c3c(c2c1)C[C@@]1(O)[C@@H]2Cc4ccc(O)c5c4[C@@]1(CCN2CC1CC1)[C@H]3O5)Sc1ccccc1. The summed E-state index contributed by atoms with van der Waals surface area (Å²) >= 11 is 1.50. The van der Waals surface area contributed by atoms with Crippen molar-refractivity contribution in [1.82, 2.24) is 9.88 Å². The molecule has 5 aliphatic rings. The molecule has 1 spiro atoms. The minimum absolute atomic E-state index is 0.0164. The average molecular weight is 564 g/mol. The Morgan fingerprint density at radius 2 is 1.98 bits per heavy atom. The Morgan fingerprint density at radius 3 is 2.80 bits per heavy atom. The first-order valence-electron chi connectivity index (χ1n) is 14.9. The molecule has 6 nitrogen and oxygen atoms in total. The van der Waals surface area contributed by atoms with Crippen molar-refractivity contribution in [3.8, 4) is 11.5 Å². The zero-order valence-electron chi connectivity index (χ0n) is 22.8. The molecule has 7 heteroatoms. The Bertz CT molecular complexity index is 1750. The molecule has 0 radical (unpaired) electrons. The monoisotopic (exact) mass is 563 g/mol. The van der Waals surface area contributed by atoms with E-state index in [1.165, 1.54) is 30.2 Å². The van der Waals surface area contributed by atoms with Crippen LogP contribution in [0.2, 0.25) is 0 Å². The number of fused-ring (bicyclic) bond motifs is 4. The highest BCUT2D eigenvalue weighted by Gasteiger charge is 2.72. The highest BCUT2D eigenvalue weighted by Crippen LogP contribution is 2.69. The summed E-state index contributed by atoms with van der Waals surface area (Å²) in [6.07, 6.45) is 4.92. The van der Waals surface area contributed by atoms with Gasteiger partial charge in [0.2, 0.25) is 0 Å². The van der Waals surface area contributed by atoms with Gasteiger partial charge in [0.05, 0.1) is 21.8 Å². The molecule has 1 saturated heterocycles. The predicted octanol–water partition coefficient (Wildman–Crippen LogP) is 5.88. The van der Waals surface area contributed by atoms with E-state index in [1.807, 2.05) is 30.3 Å². The van der Waals surface area contributed by atoms with Gasteiger partial charge in [0, 0.05) is 46.8 Å². The molecule has 4 atom stereocenters. The van der Waals surface area contributed by atoms with Crippen LogP contribution in [0.25, 0.3) is 10.9 Å². The van der Waals surface area contributed by atoms with E-state index < -0.39 is 11.0 Å². The third-order valence-electron chi connectivity index (χ3n) is 10.6. The predicted molar refractivity (Wildman–Crippen MR) is 160 cm³/mol. The van der Waals surface area contributed by atoms with Crippen molar-refractivity contribution in [2.24, 2.45) is 5.92 Å². The van der Waals surface area contributed by atoms with E-state index in [-0.39, 0.29) is 17.9 Å². The Labute approximate surface area is 243 Å². The third kappa shape index (κ3) is 3.31. The quantitative estimate of drug-likeness (QED) is 0.138. The highest BCUT2D eigenvalue weighted by atomic mass is 32.2. The van der Waals surface area contributed by atoms with Crippen LogP contribution in [-0.2, 0) is 24.7 Å².